The van der Waals surface area contributed by atoms with E-state index in [2.05, 4.69) is 26.0 Å². The van der Waals surface area contributed by atoms with Crippen molar-refractivity contribution in [3.05, 3.63) is 40.2 Å². The number of esters is 1. The summed E-state index contributed by atoms with van der Waals surface area (Å²) < 4.78 is 9.69. The highest BCUT2D eigenvalue weighted by Crippen LogP contribution is 2.21. The maximum absolute atomic E-state index is 13.2. The zero-order chi connectivity index (χ0) is 32.4. The van der Waals surface area contributed by atoms with Gasteiger partial charge in [0.1, 0.15) is 17.7 Å². The zero-order valence-electron chi connectivity index (χ0n) is 25.3. The minimum atomic E-state index is -0.955. The topological polar surface area (TPSA) is 193 Å². The summed E-state index contributed by atoms with van der Waals surface area (Å²) in [6, 6.07) is 4.49. The SMILES string of the molecule is COC(=O)CCC(=O)NCC(=O)N1CCC[C@H]1C(=O)N[C@@H](CC(C)C)C(=O)NCC(=O)Nc1ccc2c(C)cc(=O)oc2c1. The Labute approximate surface area is 254 Å². The average Bonchev–Trinajstić information content (AvgIpc) is 3.47. The van der Waals surface area contributed by atoms with E-state index in [9.17, 15) is 33.6 Å². The molecule has 14 nitrogen and oxygen atoms in total. The molecule has 0 aliphatic carbocycles. The Balaban J connectivity index is 1.54. The maximum atomic E-state index is 13.2. The highest BCUT2D eigenvalue weighted by molar-refractivity contribution is 5.98. The summed E-state index contributed by atoms with van der Waals surface area (Å²) in [5, 5.41) is 11.1. The van der Waals surface area contributed by atoms with Crippen molar-refractivity contribution in [2.75, 3.05) is 32.1 Å². The standard InChI is InChI=1S/C30H39N5O9/c1-17(2)12-21(29(41)32-15-25(37)33-19-7-8-20-18(3)13-28(40)44-23(20)14-19)34-30(42)22-6-5-11-35(22)26(38)16-31-24(36)9-10-27(39)43-4/h7-8,13-14,17,21-22H,5-6,9-12,15-16H2,1-4H3,(H,31,36)(H,32,41)(H,33,37)(H,34,42)/t21-,22-/m0/s1. The molecular weight excluding hydrogens is 574 g/mol. The fourth-order valence-corrected chi connectivity index (χ4v) is 4.89. The van der Waals surface area contributed by atoms with E-state index in [0.717, 1.165) is 10.9 Å². The van der Waals surface area contributed by atoms with Crippen LogP contribution < -0.4 is 26.9 Å². The van der Waals surface area contributed by atoms with E-state index < -0.39 is 53.2 Å². The Morgan fingerprint density at radius 3 is 2.48 bits per heavy atom. The molecule has 3 rings (SSSR count). The maximum Gasteiger partial charge on any atom is 0.336 e. The molecule has 1 aromatic heterocycles. The van der Waals surface area contributed by atoms with Gasteiger partial charge in [-0.05, 0) is 49.8 Å². The fourth-order valence-electron chi connectivity index (χ4n) is 4.89. The predicted octanol–water partition coefficient (Wildman–Crippen LogP) is 0.747. The van der Waals surface area contributed by atoms with E-state index in [4.69, 9.17) is 4.42 Å². The van der Waals surface area contributed by atoms with Gasteiger partial charge in [-0.1, -0.05) is 13.8 Å². The Morgan fingerprint density at radius 2 is 1.77 bits per heavy atom. The van der Waals surface area contributed by atoms with Crippen LogP contribution in [0.15, 0.2) is 33.5 Å². The summed E-state index contributed by atoms with van der Waals surface area (Å²) in [5.41, 5.74) is 0.928. The number of hydrogen-bond acceptors (Lipinski definition) is 9. The van der Waals surface area contributed by atoms with Crippen LogP contribution in [0.2, 0.25) is 0 Å². The first-order valence-corrected chi connectivity index (χ1v) is 14.4. The van der Waals surface area contributed by atoms with E-state index in [1.54, 1.807) is 19.1 Å². The molecule has 0 radical (unpaired) electrons. The number of aryl methyl sites for hydroxylation is 1. The number of nitrogens with zero attached hydrogens (tertiary/aromatic N) is 1. The number of hydrogen-bond donors (Lipinski definition) is 4. The summed E-state index contributed by atoms with van der Waals surface area (Å²) >= 11 is 0. The smallest absolute Gasteiger partial charge is 0.336 e. The van der Waals surface area contributed by atoms with Crippen LogP contribution in [0.3, 0.4) is 0 Å². The van der Waals surface area contributed by atoms with Crippen LogP contribution in [0.5, 0.6) is 0 Å². The van der Waals surface area contributed by atoms with Crippen molar-refractivity contribution < 1.29 is 37.9 Å². The molecule has 1 aliphatic heterocycles. The number of rotatable bonds is 13. The number of methoxy groups -OCH3 is 1. The molecule has 1 aromatic carbocycles. The lowest BCUT2D eigenvalue weighted by molar-refractivity contribution is -0.142. The van der Waals surface area contributed by atoms with Crippen molar-refractivity contribution in [1.29, 1.82) is 0 Å². The Bertz CT molecular complexity index is 1470. The van der Waals surface area contributed by atoms with Gasteiger partial charge < -0.3 is 35.3 Å². The van der Waals surface area contributed by atoms with Gasteiger partial charge in [0, 0.05) is 36.2 Å². The van der Waals surface area contributed by atoms with E-state index in [-0.39, 0.29) is 31.8 Å². The van der Waals surface area contributed by atoms with Crippen molar-refractivity contribution in [1.82, 2.24) is 20.9 Å². The van der Waals surface area contributed by atoms with Gasteiger partial charge in [0.25, 0.3) is 0 Å². The quantitative estimate of drug-likeness (QED) is 0.186. The van der Waals surface area contributed by atoms with Gasteiger partial charge in [0.2, 0.25) is 29.5 Å². The van der Waals surface area contributed by atoms with Crippen LogP contribution in [0.25, 0.3) is 11.0 Å². The number of nitrogens with one attached hydrogen (secondary N) is 4. The van der Waals surface area contributed by atoms with Gasteiger partial charge in [-0.15, -0.1) is 0 Å². The summed E-state index contributed by atoms with van der Waals surface area (Å²) in [5.74, 6) is -3.06. The molecule has 14 heteroatoms. The first kappa shape index (κ1) is 33.7. The van der Waals surface area contributed by atoms with Gasteiger partial charge in [-0.3, -0.25) is 28.8 Å². The van der Waals surface area contributed by atoms with Crippen LogP contribution in [0.1, 0.15) is 51.5 Å². The third kappa shape index (κ3) is 9.64. The van der Waals surface area contributed by atoms with Gasteiger partial charge >= 0.3 is 11.6 Å². The average molecular weight is 614 g/mol. The van der Waals surface area contributed by atoms with Crippen molar-refractivity contribution in [2.24, 2.45) is 5.92 Å². The van der Waals surface area contributed by atoms with Crippen LogP contribution in [-0.4, -0.2) is 79.2 Å². The first-order valence-electron chi connectivity index (χ1n) is 14.4. The van der Waals surface area contributed by atoms with Crippen molar-refractivity contribution in [2.45, 2.75) is 65.0 Å². The zero-order valence-corrected chi connectivity index (χ0v) is 25.3. The Hall–Kier alpha value is -4.75. The number of benzene rings is 1. The number of carbonyl (C=O) groups is 6. The van der Waals surface area contributed by atoms with Crippen molar-refractivity contribution >= 4 is 52.2 Å². The van der Waals surface area contributed by atoms with Gasteiger partial charge in [-0.25, -0.2) is 4.79 Å². The normalized spacial score (nSPS) is 15.0. The second-order valence-corrected chi connectivity index (χ2v) is 11.0. The second-order valence-electron chi connectivity index (χ2n) is 11.0. The number of ether oxygens (including phenoxy) is 1. The van der Waals surface area contributed by atoms with Crippen LogP contribution in [0.4, 0.5) is 5.69 Å². The largest absolute Gasteiger partial charge is 0.469 e. The van der Waals surface area contributed by atoms with E-state index >= 15 is 0 Å². The molecule has 5 amide bonds. The van der Waals surface area contributed by atoms with E-state index in [1.165, 1.54) is 24.1 Å². The highest BCUT2D eigenvalue weighted by atomic mass is 16.5. The minimum Gasteiger partial charge on any atom is -0.469 e. The van der Waals surface area contributed by atoms with Crippen LogP contribution in [0, 0.1) is 12.8 Å². The number of fused-ring (bicyclic) bond motifs is 1. The molecule has 2 atom stereocenters. The number of amides is 5. The molecule has 44 heavy (non-hydrogen) atoms. The van der Waals surface area contributed by atoms with E-state index in [0.29, 0.717) is 37.1 Å². The minimum absolute atomic E-state index is 0.0251. The van der Waals surface area contributed by atoms with Gasteiger partial charge in [0.05, 0.1) is 26.6 Å². The lowest BCUT2D eigenvalue weighted by Crippen LogP contribution is -2.55. The Morgan fingerprint density at radius 1 is 1.02 bits per heavy atom. The predicted molar refractivity (Wildman–Crippen MR) is 159 cm³/mol. The van der Waals surface area contributed by atoms with Gasteiger partial charge in [0.15, 0.2) is 0 Å². The fraction of sp³-hybridized carbons (Fsp3) is 0.500. The molecule has 2 aromatic rings. The van der Waals surface area contributed by atoms with Gasteiger partial charge in [-0.2, -0.15) is 0 Å². The number of carbonyl (C=O) groups excluding carboxylic acids is 6. The van der Waals surface area contributed by atoms with Crippen LogP contribution in [-0.2, 0) is 33.5 Å². The molecule has 1 aliphatic rings. The number of likely N-dealkylation sites (tertiary alicyclic amines) is 1. The molecule has 1 fully saturated rings. The van der Waals surface area contributed by atoms with Crippen molar-refractivity contribution in [3.63, 3.8) is 0 Å². The molecule has 1 saturated heterocycles. The lowest BCUT2D eigenvalue weighted by Gasteiger charge is -2.27. The summed E-state index contributed by atoms with van der Waals surface area (Å²) in [4.78, 5) is 87.8. The number of anilines is 1. The monoisotopic (exact) mass is 613 g/mol. The first-order chi connectivity index (χ1) is 20.9. The third-order valence-corrected chi connectivity index (χ3v) is 7.09. The summed E-state index contributed by atoms with van der Waals surface area (Å²) in [6.45, 7) is 5.15. The Kier molecular flexibility index (Phi) is 12.0. The molecule has 0 spiro atoms. The molecule has 0 saturated carbocycles. The lowest BCUT2D eigenvalue weighted by atomic mass is 10.0. The summed E-state index contributed by atoms with van der Waals surface area (Å²) in [6.07, 6.45) is 0.999. The van der Waals surface area contributed by atoms with E-state index in [1.807, 2.05) is 13.8 Å². The molecular formula is C30H39N5O9. The summed E-state index contributed by atoms with van der Waals surface area (Å²) in [7, 11) is 1.21. The van der Waals surface area contributed by atoms with Crippen LogP contribution >= 0.6 is 0 Å². The molecule has 2 heterocycles. The molecule has 4 N–H and O–H groups in total. The third-order valence-electron chi connectivity index (χ3n) is 7.09. The highest BCUT2D eigenvalue weighted by Gasteiger charge is 2.36. The second kappa shape index (κ2) is 15.6. The molecule has 0 unspecified atom stereocenters. The molecule has 0 bridgehead atoms. The molecule has 238 valence electrons. The van der Waals surface area contributed by atoms with Crippen molar-refractivity contribution in [3.8, 4) is 0 Å².